The molecule has 0 fully saturated rings. The molecule has 0 saturated carbocycles. The molecular formula is C54H30N4S4. The van der Waals surface area contributed by atoms with Crippen LogP contribution in [0.15, 0.2) is 181 Å². The molecule has 0 amide bonds. The molecule has 8 heteroatoms. The number of hydrogen-bond acceptors (Lipinski definition) is 6. The van der Waals surface area contributed by atoms with Crippen molar-refractivity contribution in [2.75, 3.05) is 0 Å². The average molecular weight is 863 g/mol. The highest BCUT2D eigenvalue weighted by atomic mass is 32.1. The lowest BCUT2D eigenvalue weighted by atomic mass is 10.0. The van der Waals surface area contributed by atoms with Gasteiger partial charge in [0.05, 0.1) is 55.9 Å². The second kappa shape index (κ2) is 13.3. The molecule has 0 radical (unpaired) electrons. The van der Waals surface area contributed by atoms with Crippen LogP contribution < -0.4 is 0 Å². The third-order valence-corrected chi connectivity index (χ3v) is 16.4. The van der Waals surface area contributed by atoms with Crippen LogP contribution in [0.25, 0.3) is 128 Å². The van der Waals surface area contributed by atoms with Crippen molar-refractivity contribution in [3.63, 3.8) is 0 Å². The standard InChI is InChI=1S/C54H30N4S4/c1-3-9-49-35(7-1)37-17-13-33(25-51(37)61-49)31-15-19-45-39(23-31)41-27-43(55-29-47(41)57(45)53-11-5-21-59-53)44-28-42-40-24-32(16-20-46(40)58(48(42)30-56-44)54-12-6-22-60-54)34-14-18-38-36-8-2-4-10-50(36)62-52(38)26-34/h1-30H. The topological polar surface area (TPSA) is 35.6 Å². The van der Waals surface area contributed by atoms with Gasteiger partial charge in [0.25, 0.3) is 0 Å². The van der Waals surface area contributed by atoms with Gasteiger partial charge in [0.15, 0.2) is 0 Å². The number of benzene rings is 6. The summed E-state index contributed by atoms with van der Waals surface area (Å²) < 4.78 is 9.97. The maximum atomic E-state index is 5.15. The van der Waals surface area contributed by atoms with Crippen LogP contribution in [0, 0.1) is 0 Å². The maximum Gasteiger partial charge on any atom is 0.1000 e. The highest BCUT2D eigenvalue weighted by Crippen LogP contribution is 2.42. The van der Waals surface area contributed by atoms with Crippen molar-refractivity contribution in [2.24, 2.45) is 0 Å². The van der Waals surface area contributed by atoms with Crippen LogP contribution in [-0.2, 0) is 0 Å². The molecule has 0 bridgehead atoms. The van der Waals surface area contributed by atoms with E-state index in [-0.39, 0.29) is 0 Å². The smallest absolute Gasteiger partial charge is 0.1000 e. The number of aromatic nitrogens is 4. The van der Waals surface area contributed by atoms with E-state index in [1.807, 2.05) is 35.1 Å². The predicted octanol–water partition coefficient (Wildman–Crippen LogP) is 16.5. The molecule has 0 aliphatic heterocycles. The van der Waals surface area contributed by atoms with Crippen LogP contribution in [0.3, 0.4) is 0 Å². The Hall–Kier alpha value is -6.94. The lowest BCUT2D eigenvalue weighted by molar-refractivity contribution is 1.19. The lowest BCUT2D eigenvalue weighted by Gasteiger charge is -2.06. The first-order valence-corrected chi connectivity index (χ1v) is 23.9. The molecule has 8 heterocycles. The van der Waals surface area contributed by atoms with Crippen molar-refractivity contribution in [1.29, 1.82) is 0 Å². The molecule has 14 aromatic rings. The summed E-state index contributed by atoms with van der Waals surface area (Å²) in [6.45, 7) is 0. The van der Waals surface area contributed by atoms with Crippen LogP contribution in [0.5, 0.6) is 0 Å². The van der Waals surface area contributed by atoms with E-state index < -0.39 is 0 Å². The third-order valence-electron chi connectivity index (χ3n) is 12.4. The summed E-state index contributed by atoms with van der Waals surface area (Å²) in [6.07, 6.45) is 4.08. The molecule has 0 atom stereocenters. The van der Waals surface area contributed by atoms with Gasteiger partial charge in [-0.3, -0.25) is 19.1 Å². The average Bonchev–Trinajstić information content (AvgIpc) is 4.19. The SMILES string of the molecule is c1csc(-n2c3ccc(-c4ccc5c(c4)sc4ccccc45)cc3c3cc(-c4cc5c6cc(-c7ccc8c(c7)sc7ccccc78)ccc6n(-c6cccs6)c5cn4)ncc32)c1. The van der Waals surface area contributed by atoms with Crippen molar-refractivity contribution in [1.82, 2.24) is 19.1 Å². The molecular weight excluding hydrogens is 833 g/mol. The van der Waals surface area contributed by atoms with E-state index in [1.54, 1.807) is 22.7 Å². The van der Waals surface area contributed by atoms with Gasteiger partial charge in [-0.2, -0.15) is 0 Å². The fraction of sp³-hybridized carbons (Fsp3) is 0. The summed E-state index contributed by atoms with van der Waals surface area (Å²) in [4.78, 5) is 10.3. The summed E-state index contributed by atoms with van der Waals surface area (Å²) in [5, 5.41) is 16.6. The summed E-state index contributed by atoms with van der Waals surface area (Å²) >= 11 is 7.21. The summed E-state index contributed by atoms with van der Waals surface area (Å²) in [7, 11) is 0. The number of hydrogen-bond donors (Lipinski definition) is 0. The van der Waals surface area contributed by atoms with E-state index in [2.05, 4.69) is 178 Å². The van der Waals surface area contributed by atoms with E-state index in [4.69, 9.17) is 9.97 Å². The molecule has 290 valence electrons. The maximum absolute atomic E-state index is 5.15. The fourth-order valence-electron chi connectivity index (χ4n) is 9.56. The van der Waals surface area contributed by atoms with Crippen LogP contribution in [-0.4, -0.2) is 19.1 Å². The minimum absolute atomic E-state index is 0.852. The minimum atomic E-state index is 0.852. The normalized spacial score (nSPS) is 12.2. The van der Waals surface area contributed by atoms with Crippen molar-refractivity contribution < 1.29 is 0 Å². The van der Waals surface area contributed by atoms with E-state index >= 15 is 0 Å². The van der Waals surface area contributed by atoms with E-state index in [9.17, 15) is 0 Å². The first-order valence-electron chi connectivity index (χ1n) is 20.5. The lowest BCUT2D eigenvalue weighted by Crippen LogP contribution is -1.93. The Kier molecular flexibility index (Phi) is 7.44. The first kappa shape index (κ1) is 34.7. The number of fused-ring (bicyclic) bond motifs is 12. The van der Waals surface area contributed by atoms with Gasteiger partial charge in [0, 0.05) is 61.9 Å². The summed E-state index contributed by atoms with van der Waals surface area (Å²) in [6, 6.07) is 58.1. The molecule has 6 aromatic carbocycles. The van der Waals surface area contributed by atoms with Crippen molar-refractivity contribution in [2.45, 2.75) is 0 Å². The summed E-state index contributed by atoms with van der Waals surface area (Å²) in [5.41, 5.74) is 11.0. The quantitative estimate of drug-likeness (QED) is 0.173. The Labute approximate surface area is 370 Å². The van der Waals surface area contributed by atoms with Crippen LogP contribution in [0.1, 0.15) is 0 Å². The molecule has 62 heavy (non-hydrogen) atoms. The summed E-state index contributed by atoms with van der Waals surface area (Å²) in [5.74, 6) is 0. The van der Waals surface area contributed by atoms with Crippen LogP contribution >= 0.6 is 45.3 Å². The number of rotatable bonds is 5. The zero-order chi connectivity index (χ0) is 40.5. The van der Waals surface area contributed by atoms with Gasteiger partial charge < -0.3 is 0 Å². The van der Waals surface area contributed by atoms with Crippen molar-refractivity contribution in [3.05, 3.63) is 181 Å². The fourth-order valence-corrected chi connectivity index (χ4v) is 13.4. The van der Waals surface area contributed by atoms with Gasteiger partial charge in [-0.15, -0.1) is 45.3 Å². The molecule has 4 nitrogen and oxygen atoms in total. The Balaban J connectivity index is 0.942. The number of pyridine rings is 2. The minimum Gasteiger partial charge on any atom is -0.299 e. The zero-order valence-corrected chi connectivity index (χ0v) is 36.0. The van der Waals surface area contributed by atoms with Crippen molar-refractivity contribution >= 4 is 129 Å². The van der Waals surface area contributed by atoms with Crippen LogP contribution in [0.4, 0.5) is 0 Å². The molecule has 0 spiro atoms. The molecule has 0 aliphatic rings. The van der Waals surface area contributed by atoms with Gasteiger partial charge in [-0.05, 0) is 118 Å². The molecule has 0 saturated heterocycles. The zero-order valence-electron chi connectivity index (χ0n) is 32.7. The van der Waals surface area contributed by atoms with Gasteiger partial charge in [-0.1, -0.05) is 72.8 Å². The molecule has 0 N–H and O–H groups in total. The van der Waals surface area contributed by atoms with E-state index in [1.165, 1.54) is 83.4 Å². The highest BCUT2D eigenvalue weighted by Gasteiger charge is 2.20. The van der Waals surface area contributed by atoms with E-state index in [0.29, 0.717) is 0 Å². The van der Waals surface area contributed by atoms with Gasteiger partial charge in [0.1, 0.15) is 0 Å². The number of thiophene rings is 4. The second-order valence-corrected chi connectivity index (χ2v) is 19.8. The molecule has 0 aliphatic carbocycles. The Morgan fingerprint density at radius 2 is 0.742 bits per heavy atom. The number of nitrogens with zero attached hydrogens (tertiary/aromatic N) is 4. The van der Waals surface area contributed by atoms with Gasteiger partial charge in [0.2, 0.25) is 0 Å². The Bertz CT molecular complexity index is 3840. The van der Waals surface area contributed by atoms with Crippen molar-refractivity contribution in [3.8, 4) is 43.6 Å². The predicted molar refractivity (Wildman–Crippen MR) is 269 cm³/mol. The second-order valence-electron chi connectivity index (χ2n) is 15.8. The third kappa shape index (κ3) is 5.15. The Morgan fingerprint density at radius 1 is 0.323 bits per heavy atom. The van der Waals surface area contributed by atoms with Crippen LogP contribution in [0.2, 0.25) is 0 Å². The molecule has 14 rings (SSSR count). The van der Waals surface area contributed by atoms with Gasteiger partial charge in [-0.25, -0.2) is 0 Å². The Morgan fingerprint density at radius 3 is 1.21 bits per heavy atom. The molecule has 8 aromatic heterocycles. The van der Waals surface area contributed by atoms with E-state index in [0.717, 1.165) is 44.2 Å². The van der Waals surface area contributed by atoms with Gasteiger partial charge >= 0.3 is 0 Å². The molecule has 0 unspecified atom stereocenters. The first-order chi connectivity index (χ1) is 30.7. The highest BCUT2D eigenvalue weighted by molar-refractivity contribution is 7.26. The largest absolute Gasteiger partial charge is 0.299 e. The monoisotopic (exact) mass is 862 g/mol.